The van der Waals surface area contributed by atoms with Crippen molar-refractivity contribution < 1.29 is 9.59 Å². The molecule has 1 aliphatic rings. The van der Waals surface area contributed by atoms with Gasteiger partial charge in [0.05, 0.1) is 11.4 Å². The maximum absolute atomic E-state index is 13.0. The van der Waals surface area contributed by atoms with E-state index >= 15 is 0 Å². The Kier molecular flexibility index (Phi) is 5.46. The third-order valence-electron chi connectivity index (χ3n) is 4.42. The van der Waals surface area contributed by atoms with Gasteiger partial charge in [0.25, 0.3) is 5.91 Å². The van der Waals surface area contributed by atoms with Gasteiger partial charge in [-0.15, -0.1) is 0 Å². The van der Waals surface area contributed by atoms with E-state index < -0.39 is 17.7 Å². The lowest BCUT2D eigenvalue weighted by Gasteiger charge is -2.31. The lowest BCUT2D eigenvalue weighted by atomic mass is 10.0. The zero-order valence-electron chi connectivity index (χ0n) is 15.5. The Morgan fingerprint density at radius 3 is 2.44 bits per heavy atom. The molecular weight excluding hydrogens is 358 g/mol. The summed E-state index contributed by atoms with van der Waals surface area (Å²) in [6.07, 6.45) is 1.40. The highest BCUT2D eigenvalue weighted by atomic mass is 32.1. The number of aryl methyl sites for hydroxylation is 1. The van der Waals surface area contributed by atoms with Crippen LogP contribution in [0.1, 0.15) is 30.9 Å². The van der Waals surface area contributed by atoms with Gasteiger partial charge in [-0.2, -0.15) is 0 Å². The number of thiocarbonyl (C=S) groups is 1. The van der Waals surface area contributed by atoms with E-state index in [2.05, 4.69) is 24.2 Å². The van der Waals surface area contributed by atoms with Crippen LogP contribution in [0.4, 0.5) is 11.4 Å². The van der Waals surface area contributed by atoms with Gasteiger partial charge >= 0.3 is 0 Å². The summed E-state index contributed by atoms with van der Waals surface area (Å²) in [6.45, 7) is 6.11. The number of aliphatic imine (C=N–C) groups is 1. The predicted molar refractivity (Wildman–Crippen MR) is 112 cm³/mol. The van der Waals surface area contributed by atoms with E-state index in [4.69, 9.17) is 12.2 Å². The van der Waals surface area contributed by atoms with E-state index in [0.29, 0.717) is 5.69 Å². The molecular formula is C21H21N3O2S. The van der Waals surface area contributed by atoms with Gasteiger partial charge in [-0.3, -0.25) is 19.5 Å². The average Bonchev–Trinajstić information content (AvgIpc) is 2.63. The van der Waals surface area contributed by atoms with Crippen molar-refractivity contribution in [1.82, 2.24) is 5.32 Å². The van der Waals surface area contributed by atoms with Crippen molar-refractivity contribution >= 4 is 46.7 Å². The highest BCUT2D eigenvalue weighted by Crippen LogP contribution is 2.27. The zero-order valence-corrected chi connectivity index (χ0v) is 16.3. The first-order valence-corrected chi connectivity index (χ1v) is 9.18. The molecule has 1 heterocycles. The number of hydrogen-bond acceptors (Lipinski definition) is 4. The SMILES string of the molecule is Cc1ccc(N2C(=O)[C@@H](C=Nc3ccccc3C(C)C)C(=O)NC2=S)cc1. The van der Waals surface area contributed by atoms with Gasteiger partial charge in [-0.05, 0) is 48.8 Å². The standard InChI is InChI=1S/C21H21N3O2S/c1-13(2)16-6-4-5-7-18(16)22-12-17-19(25)23-21(27)24(20(17)26)15-10-8-14(3)9-11-15/h4-13,17H,1-3H3,(H,23,25,27)/t17-/m0/s1. The van der Waals surface area contributed by atoms with Crippen molar-refractivity contribution in [2.45, 2.75) is 26.7 Å². The van der Waals surface area contributed by atoms with E-state index in [0.717, 1.165) is 16.8 Å². The monoisotopic (exact) mass is 379 g/mol. The summed E-state index contributed by atoms with van der Waals surface area (Å²) >= 11 is 5.21. The number of amides is 2. The summed E-state index contributed by atoms with van der Waals surface area (Å²) in [5, 5.41) is 2.69. The Bertz CT molecular complexity index is 919. The first kappa shape index (κ1) is 18.9. The fourth-order valence-corrected chi connectivity index (χ4v) is 3.20. The Morgan fingerprint density at radius 2 is 1.78 bits per heavy atom. The average molecular weight is 379 g/mol. The molecule has 1 fully saturated rings. The number of benzene rings is 2. The topological polar surface area (TPSA) is 61.8 Å². The highest BCUT2D eigenvalue weighted by Gasteiger charge is 2.38. The van der Waals surface area contributed by atoms with E-state index in [9.17, 15) is 9.59 Å². The minimum Gasteiger partial charge on any atom is -0.301 e. The summed E-state index contributed by atoms with van der Waals surface area (Å²) in [4.78, 5) is 31.1. The summed E-state index contributed by atoms with van der Waals surface area (Å²) < 4.78 is 0. The van der Waals surface area contributed by atoms with Crippen LogP contribution in [-0.4, -0.2) is 23.1 Å². The molecule has 0 saturated carbocycles. The number of nitrogens with zero attached hydrogens (tertiary/aromatic N) is 2. The van der Waals surface area contributed by atoms with Crippen molar-refractivity contribution in [2.24, 2.45) is 10.9 Å². The number of nitrogens with one attached hydrogen (secondary N) is 1. The third-order valence-corrected chi connectivity index (χ3v) is 4.70. The van der Waals surface area contributed by atoms with Crippen molar-refractivity contribution in [3.63, 3.8) is 0 Å². The molecule has 0 unspecified atom stereocenters. The summed E-state index contributed by atoms with van der Waals surface area (Å²) in [7, 11) is 0. The largest absolute Gasteiger partial charge is 0.301 e. The van der Waals surface area contributed by atoms with Gasteiger partial charge in [-0.25, -0.2) is 0 Å². The molecule has 3 rings (SSSR count). The van der Waals surface area contributed by atoms with Crippen LogP contribution in [-0.2, 0) is 9.59 Å². The third kappa shape index (κ3) is 3.95. The minimum atomic E-state index is -1.03. The number of anilines is 1. The highest BCUT2D eigenvalue weighted by molar-refractivity contribution is 7.80. The number of carbonyl (C=O) groups excluding carboxylic acids is 2. The van der Waals surface area contributed by atoms with E-state index in [1.807, 2.05) is 43.3 Å². The summed E-state index contributed by atoms with van der Waals surface area (Å²) in [5.41, 5.74) is 3.50. The molecule has 1 aliphatic heterocycles. The van der Waals surface area contributed by atoms with E-state index in [1.54, 1.807) is 12.1 Å². The molecule has 6 heteroatoms. The second-order valence-electron chi connectivity index (χ2n) is 6.77. The van der Waals surface area contributed by atoms with Gasteiger partial charge in [0.2, 0.25) is 5.91 Å². The number of rotatable bonds is 4. The van der Waals surface area contributed by atoms with Crippen LogP contribution in [0.2, 0.25) is 0 Å². The van der Waals surface area contributed by atoms with E-state index in [-0.39, 0.29) is 11.0 Å². The maximum Gasteiger partial charge on any atom is 0.251 e. The van der Waals surface area contributed by atoms with Crippen LogP contribution >= 0.6 is 12.2 Å². The summed E-state index contributed by atoms with van der Waals surface area (Å²) in [5.74, 6) is -1.61. The summed E-state index contributed by atoms with van der Waals surface area (Å²) in [6, 6.07) is 15.1. The first-order valence-electron chi connectivity index (χ1n) is 8.77. The van der Waals surface area contributed by atoms with Gasteiger partial charge < -0.3 is 5.32 Å². The Hall–Kier alpha value is -2.86. The Morgan fingerprint density at radius 1 is 1.11 bits per heavy atom. The maximum atomic E-state index is 13.0. The van der Waals surface area contributed by atoms with Gasteiger partial charge in [-0.1, -0.05) is 49.7 Å². The van der Waals surface area contributed by atoms with Gasteiger partial charge in [0.1, 0.15) is 0 Å². The van der Waals surface area contributed by atoms with Crippen LogP contribution in [0.15, 0.2) is 53.5 Å². The predicted octanol–water partition coefficient (Wildman–Crippen LogP) is 3.88. The lowest BCUT2D eigenvalue weighted by molar-refractivity contribution is -0.130. The molecule has 2 aromatic carbocycles. The second-order valence-corrected chi connectivity index (χ2v) is 7.16. The molecule has 1 atom stereocenters. The molecule has 27 heavy (non-hydrogen) atoms. The minimum absolute atomic E-state index is 0.0843. The Labute approximate surface area is 164 Å². The molecule has 0 spiro atoms. The fraction of sp³-hybridized carbons (Fsp3) is 0.238. The van der Waals surface area contributed by atoms with Crippen molar-refractivity contribution in [2.75, 3.05) is 4.90 Å². The van der Waals surface area contributed by atoms with Crippen LogP contribution in [0, 0.1) is 12.8 Å². The van der Waals surface area contributed by atoms with Crippen LogP contribution in [0.25, 0.3) is 0 Å². The first-order chi connectivity index (χ1) is 12.9. The molecule has 0 radical (unpaired) electrons. The fourth-order valence-electron chi connectivity index (χ4n) is 2.91. The van der Waals surface area contributed by atoms with Crippen molar-refractivity contribution in [3.8, 4) is 0 Å². The van der Waals surface area contributed by atoms with E-state index in [1.165, 1.54) is 11.1 Å². The molecule has 0 bridgehead atoms. The normalized spacial score (nSPS) is 17.7. The van der Waals surface area contributed by atoms with Crippen molar-refractivity contribution in [3.05, 3.63) is 59.7 Å². The smallest absolute Gasteiger partial charge is 0.251 e. The second kappa shape index (κ2) is 7.80. The molecule has 1 saturated heterocycles. The Balaban J connectivity index is 1.91. The molecule has 0 aromatic heterocycles. The lowest BCUT2D eigenvalue weighted by Crippen LogP contribution is -2.58. The molecule has 0 aliphatic carbocycles. The van der Waals surface area contributed by atoms with Gasteiger partial charge in [0.15, 0.2) is 11.0 Å². The molecule has 1 N–H and O–H groups in total. The van der Waals surface area contributed by atoms with Crippen LogP contribution < -0.4 is 10.2 Å². The van der Waals surface area contributed by atoms with Crippen LogP contribution in [0.5, 0.6) is 0 Å². The number of carbonyl (C=O) groups is 2. The molecule has 138 valence electrons. The zero-order chi connectivity index (χ0) is 19.6. The number of para-hydroxylation sites is 1. The quantitative estimate of drug-likeness (QED) is 0.498. The molecule has 2 amide bonds. The molecule has 5 nitrogen and oxygen atoms in total. The molecule has 2 aromatic rings. The van der Waals surface area contributed by atoms with Crippen LogP contribution in [0.3, 0.4) is 0 Å². The van der Waals surface area contributed by atoms with Crippen molar-refractivity contribution in [1.29, 1.82) is 0 Å². The van der Waals surface area contributed by atoms with Gasteiger partial charge in [0, 0.05) is 6.21 Å². The number of hydrogen-bond donors (Lipinski definition) is 1.